The van der Waals surface area contributed by atoms with E-state index >= 15 is 0 Å². The van der Waals surface area contributed by atoms with Crippen molar-refractivity contribution in [2.45, 2.75) is 19.8 Å². The number of esters is 2. The van der Waals surface area contributed by atoms with E-state index in [-0.39, 0.29) is 5.57 Å². The van der Waals surface area contributed by atoms with E-state index in [0.717, 1.165) is 12.8 Å². The average Bonchev–Trinajstić information content (AvgIpc) is 2.65. The summed E-state index contributed by atoms with van der Waals surface area (Å²) in [7, 11) is 3.92. The molecule has 0 spiro atoms. The summed E-state index contributed by atoms with van der Waals surface area (Å²) in [6.45, 7) is 2.54. The maximum absolute atomic E-state index is 11.7. The van der Waals surface area contributed by atoms with Gasteiger partial charge in [-0.1, -0.05) is 18.2 Å². The van der Waals surface area contributed by atoms with Crippen molar-refractivity contribution in [2.24, 2.45) is 0 Å². The molecule has 136 valence electrons. The zero-order valence-corrected chi connectivity index (χ0v) is 15.0. The molecular weight excluding hydrogens is 324 g/mol. The van der Waals surface area contributed by atoms with Crippen LogP contribution in [0.2, 0.25) is 0 Å². The van der Waals surface area contributed by atoms with Crippen LogP contribution in [0.15, 0.2) is 35.9 Å². The van der Waals surface area contributed by atoms with Gasteiger partial charge in [-0.25, -0.2) is 9.59 Å². The summed E-state index contributed by atoms with van der Waals surface area (Å²) >= 11 is 0. The highest BCUT2D eigenvalue weighted by Crippen LogP contribution is 2.29. The van der Waals surface area contributed by atoms with Gasteiger partial charge in [-0.15, -0.1) is 0 Å². The molecule has 0 aliphatic carbocycles. The lowest BCUT2D eigenvalue weighted by Crippen LogP contribution is -2.15. The summed E-state index contributed by atoms with van der Waals surface area (Å²) in [6, 6.07) is 5.12. The summed E-state index contributed by atoms with van der Waals surface area (Å²) in [5, 5.41) is 0. The Hall–Kier alpha value is -2.76. The largest absolute Gasteiger partial charge is 0.493 e. The predicted molar refractivity (Wildman–Crippen MR) is 94.5 cm³/mol. The molecule has 1 aromatic carbocycles. The van der Waals surface area contributed by atoms with Crippen LogP contribution in [-0.4, -0.2) is 39.9 Å². The van der Waals surface area contributed by atoms with Crippen LogP contribution < -0.4 is 9.47 Å². The normalized spacial score (nSPS) is 10.2. The molecule has 0 saturated carbocycles. The molecule has 0 N–H and O–H groups in total. The molecule has 0 aliphatic heterocycles. The van der Waals surface area contributed by atoms with Crippen molar-refractivity contribution in [3.05, 3.63) is 41.5 Å². The van der Waals surface area contributed by atoms with Crippen LogP contribution in [0, 0.1) is 0 Å². The molecule has 6 heteroatoms. The van der Waals surface area contributed by atoms with Crippen molar-refractivity contribution in [3.8, 4) is 11.5 Å². The van der Waals surface area contributed by atoms with Gasteiger partial charge in [-0.3, -0.25) is 0 Å². The highest BCUT2D eigenvalue weighted by Gasteiger charge is 2.20. The standard InChI is InChI=1S/C19H24O6/c1-5-6-7-8-11-25-16-10-9-14(13-17(16)22-2)12-15(18(20)23-3)19(21)24-4/h5-6,9-10,12-13H,7-8,11H2,1-4H3/b6-5+. The number of carbonyl (C=O) groups excluding carboxylic acids is 2. The lowest BCUT2D eigenvalue weighted by atomic mass is 10.1. The Morgan fingerprint density at radius 1 is 1.04 bits per heavy atom. The second kappa shape index (κ2) is 10.9. The van der Waals surface area contributed by atoms with E-state index in [9.17, 15) is 9.59 Å². The third-order valence-corrected chi connectivity index (χ3v) is 3.32. The molecule has 0 fully saturated rings. The van der Waals surface area contributed by atoms with Gasteiger partial charge in [0.05, 0.1) is 27.9 Å². The summed E-state index contributed by atoms with van der Waals surface area (Å²) in [6.07, 6.45) is 7.30. The van der Waals surface area contributed by atoms with Crippen molar-refractivity contribution in [1.82, 2.24) is 0 Å². The molecule has 0 heterocycles. The highest BCUT2D eigenvalue weighted by molar-refractivity contribution is 6.17. The van der Waals surface area contributed by atoms with Gasteiger partial charge < -0.3 is 18.9 Å². The van der Waals surface area contributed by atoms with E-state index in [0.29, 0.717) is 23.7 Å². The maximum atomic E-state index is 11.7. The van der Waals surface area contributed by atoms with Crippen LogP contribution in [0.4, 0.5) is 0 Å². The number of allylic oxidation sites excluding steroid dienone is 2. The first-order chi connectivity index (χ1) is 12.1. The second-order valence-electron chi connectivity index (χ2n) is 5.01. The van der Waals surface area contributed by atoms with Crippen LogP contribution >= 0.6 is 0 Å². The van der Waals surface area contributed by atoms with Crippen molar-refractivity contribution in [2.75, 3.05) is 27.9 Å². The molecule has 0 radical (unpaired) electrons. The minimum absolute atomic E-state index is 0.202. The molecule has 0 amide bonds. The fraction of sp³-hybridized carbons (Fsp3) is 0.368. The van der Waals surface area contributed by atoms with E-state index in [4.69, 9.17) is 9.47 Å². The van der Waals surface area contributed by atoms with E-state index in [1.54, 1.807) is 18.2 Å². The SMILES string of the molecule is C/C=C/CCCOc1ccc(C=C(C(=O)OC)C(=O)OC)cc1OC. The van der Waals surface area contributed by atoms with Gasteiger partial charge >= 0.3 is 11.9 Å². The van der Waals surface area contributed by atoms with Crippen molar-refractivity contribution >= 4 is 18.0 Å². The Morgan fingerprint density at radius 3 is 2.28 bits per heavy atom. The summed E-state index contributed by atoms with van der Waals surface area (Å²) < 4.78 is 20.2. The molecule has 25 heavy (non-hydrogen) atoms. The van der Waals surface area contributed by atoms with Crippen molar-refractivity contribution in [3.63, 3.8) is 0 Å². The smallest absolute Gasteiger partial charge is 0.345 e. The van der Waals surface area contributed by atoms with Crippen molar-refractivity contribution in [1.29, 1.82) is 0 Å². The third kappa shape index (κ3) is 6.33. The molecular formula is C19H24O6. The minimum atomic E-state index is -0.768. The second-order valence-corrected chi connectivity index (χ2v) is 5.01. The molecule has 6 nitrogen and oxygen atoms in total. The van der Waals surface area contributed by atoms with Crippen LogP contribution in [0.1, 0.15) is 25.3 Å². The quantitative estimate of drug-likeness (QED) is 0.170. The third-order valence-electron chi connectivity index (χ3n) is 3.32. The first kappa shape index (κ1) is 20.3. The topological polar surface area (TPSA) is 71.1 Å². The molecule has 0 saturated heterocycles. The summed E-state index contributed by atoms with van der Waals surface area (Å²) in [4.78, 5) is 23.4. The lowest BCUT2D eigenvalue weighted by molar-refractivity contribution is -0.143. The van der Waals surface area contributed by atoms with E-state index in [2.05, 4.69) is 15.5 Å². The number of hydrogen-bond donors (Lipinski definition) is 0. The molecule has 1 aromatic rings. The zero-order valence-electron chi connectivity index (χ0n) is 15.0. The minimum Gasteiger partial charge on any atom is -0.493 e. The van der Waals surface area contributed by atoms with Gasteiger partial charge in [0.25, 0.3) is 0 Å². The summed E-state index contributed by atoms with van der Waals surface area (Å²) in [5.74, 6) is -0.433. The first-order valence-electron chi connectivity index (χ1n) is 7.87. The van der Waals surface area contributed by atoms with E-state index in [1.807, 2.05) is 13.0 Å². The van der Waals surface area contributed by atoms with Crippen molar-refractivity contribution < 1.29 is 28.5 Å². The Bertz CT molecular complexity index is 627. The van der Waals surface area contributed by atoms with Gasteiger partial charge in [-0.05, 0) is 43.5 Å². The van der Waals surface area contributed by atoms with Crippen LogP contribution in [0.25, 0.3) is 6.08 Å². The predicted octanol–water partition coefficient (Wildman–Crippen LogP) is 3.16. The molecule has 0 aromatic heterocycles. The lowest BCUT2D eigenvalue weighted by Gasteiger charge is -2.11. The van der Waals surface area contributed by atoms with Gasteiger partial charge in [0.15, 0.2) is 11.5 Å². The fourth-order valence-electron chi connectivity index (χ4n) is 2.03. The number of rotatable bonds is 9. The van der Waals surface area contributed by atoms with Crippen LogP contribution in [-0.2, 0) is 19.1 Å². The average molecular weight is 348 g/mol. The zero-order chi connectivity index (χ0) is 18.7. The first-order valence-corrected chi connectivity index (χ1v) is 7.87. The van der Waals surface area contributed by atoms with E-state index < -0.39 is 11.9 Å². The highest BCUT2D eigenvalue weighted by atomic mass is 16.5. The molecule has 1 rings (SSSR count). The molecule has 0 bridgehead atoms. The number of methoxy groups -OCH3 is 3. The van der Waals surface area contributed by atoms with E-state index in [1.165, 1.54) is 27.4 Å². The van der Waals surface area contributed by atoms with Gasteiger partial charge in [0.2, 0.25) is 0 Å². The van der Waals surface area contributed by atoms with Gasteiger partial charge in [0.1, 0.15) is 5.57 Å². The summed E-state index contributed by atoms with van der Waals surface area (Å²) in [5.41, 5.74) is 0.385. The molecule has 0 unspecified atom stereocenters. The number of carbonyl (C=O) groups is 2. The van der Waals surface area contributed by atoms with Gasteiger partial charge in [0, 0.05) is 0 Å². The van der Waals surface area contributed by atoms with Crippen LogP contribution in [0.5, 0.6) is 11.5 Å². The van der Waals surface area contributed by atoms with Crippen LogP contribution in [0.3, 0.4) is 0 Å². The fourth-order valence-corrected chi connectivity index (χ4v) is 2.03. The Morgan fingerprint density at radius 2 is 1.72 bits per heavy atom. The Labute approximate surface area is 148 Å². The number of ether oxygens (including phenoxy) is 4. The Kier molecular flexibility index (Phi) is 8.85. The number of unbranched alkanes of at least 4 members (excludes halogenated alkanes) is 1. The molecule has 0 aliphatic rings. The number of benzene rings is 1. The maximum Gasteiger partial charge on any atom is 0.345 e. The monoisotopic (exact) mass is 348 g/mol. The van der Waals surface area contributed by atoms with Gasteiger partial charge in [-0.2, -0.15) is 0 Å². The Balaban J connectivity index is 2.96. The number of hydrogen-bond acceptors (Lipinski definition) is 6. The molecule has 0 atom stereocenters.